The summed E-state index contributed by atoms with van der Waals surface area (Å²) in [4.78, 5) is 29.2. The maximum atomic E-state index is 13.8. The van der Waals surface area contributed by atoms with E-state index in [2.05, 4.69) is 24.4 Å². The molecule has 1 aliphatic carbocycles. The van der Waals surface area contributed by atoms with E-state index in [9.17, 15) is 9.59 Å². The molecular weight excluding hydrogens is 424 g/mol. The van der Waals surface area contributed by atoms with Crippen molar-refractivity contribution < 1.29 is 14.0 Å². The highest BCUT2D eigenvalue weighted by molar-refractivity contribution is 6.06. The van der Waals surface area contributed by atoms with Crippen LogP contribution in [0, 0.1) is 0 Å². The molecule has 5 nitrogen and oxygen atoms in total. The van der Waals surface area contributed by atoms with Crippen LogP contribution in [0.3, 0.4) is 0 Å². The van der Waals surface area contributed by atoms with Gasteiger partial charge in [-0.25, -0.2) is 0 Å². The predicted molar refractivity (Wildman–Crippen MR) is 134 cm³/mol. The van der Waals surface area contributed by atoms with Crippen LogP contribution in [-0.2, 0) is 9.59 Å². The van der Waals surface area contributed by atoms with Gasteiger partial charge in [0.25, 0.3) is 0 Å². The number of hydrogen-bond acceptors (Lipinski definition) is 4. The van der Waals surface area contributed by atoms with E-state index >= 15 is 0 Å². The zero-order chi connectivity index (χ0) is 23.5. The van der Waals surface area contributed by atoms with Crippen LogP contribution in [0.5, 0.6) is 0 Å². The number of unbranched alkanes of at least 4 members (excludes halogenated alkanes) is 2. The number of hydrogen-bond donors (Lipinski definition) is 1. The van der Waals surface area contributed by atoms with Crippen molar-refractivity contribution in [3.63, 3.8) is 0 Å². The number of anilines is 2. The molecule has 2 atom stereocenters. The summed E-state index contributed by atoms with van der Waals surface area (Å²) in [7, 11) is 0. The fourth-order valence-corrected chi connectivity index (χ4v) is 5.19. The minimum absolute atomic E-state index is 0.0100. The van der Waals surface area contributed by atoms with Crippen molar-refractivity contribution in [2.75, 3.05) is 10.2 Å². The first-order chi connectivity index (χ1) is 16.7. The summed E-state index contributed by atoms with van der Waals surface area (Å²) in [6.07, 6.45) is 6.02. The third kappa shape index (κ3) is 4.18. The van der Waals surface area contributed by atoms with E-state index in [0.717, 1.165) is 41.9 Å². The molecule has 2 heterocycles. The molecule has 0 saturated heterocycles. The summed E-state index contributed by atoms with van der Waals surface area (Å²) in [6.45, 7) is 2.13. The molecule has 34 heavy (non-hydrogen) atoms. The third-order valence-electron chi connectivity index (χ3n) is 6.84. The zero-order valence-corrected chi connectivity index (χ0v) is 19.5. The highest BCUT2D eigenvalue weighted by Crippen LogP contribution is 2.47. The molecule has 2 aromatic carbocycles. The minimum atomic E-state index is -0.584. The van der Waals surface area contributed by atoms with Gasteiger partial charge in [0.15, 0.2) is 5.78 Å². The molecule has 0 unspecified atom stereocenters. The molecule has 1 amide bonds. The lowest BCUT2D eigenvalue weighted by atomic mass is 9.79. The van der Waals surface area contributed by atoms with Gasteiger partial charge in [0, 0.05) is 24.1 Å². The number of carbonyl (C=O) groups excluding carboxylic acids is 2. The van der Waals surface area contributed by atoms with Crippen LogP contribution in [0.15, 0.2) is 88.7 Å². The van der Waals surface area contributed by atoms with E-state index in [0.29, 0.717) is 30.6 Å². The summed E-state index contributed by atoms with van der Waals surface area (Å²) >= 11 is 0. The molecule has 3 aromatic rings. The second kappa shape index (κ2) is 9.72. The first kappa shape index (κ1) is 22.2. The third-order valence-corrected chi connectivity index (χ3v) is 6.84. The number of nitrogens with zero attached hydrogens (tertiary/aromatic N) is 1. The first-order valence-corrected chi connectivity index (χ1v) is 12.2. The van der Waals surface area contributed by atoms with Crippen molar-refractivity contribution in [1.29, 1.82) is 0 Å². The van der Waals surface area contributed by atoms with Gasteiger partial charge in [0.1, 0.15) is 11.8 Å². The first-order valence-electron chi connectivity index (χ1n) is 12.2. The van der Waals surface area contributed by atoms with Crippen molar-refractivity contribution in [2.45, 2.75) is 57.4 Å². The number of para-hydroxylation sites is 2. The van der Waals surface area contributed by atoms with Crippen molar-refractivity contribution in [1.82, 2.24) is 0 Å². The summed E-state index contributed by atoms with van der Waals surface area (Å²) in [5.74, 6) is 0.775. The Morgan fingerprint density at radius 1 is 1.00 bits per heavy atom. The fraction of sp³-hybridized carbons (Fsp3) is 0.310. The van der Waals surface area contributed by atoms with Crippen molar-refractivity contribution >= 4 is 23.1 Å². The molecule has 0 saturated carbocycles. The number of furan rings is 1. The highest BCUT2D eigenvalue weighted by atomic mass is 16.3. The second-order valence-electron chi connectivity index (χ2n) is 9.11. The van der Waals surface area contributed by atoms with Crippen LogP contribution >= 0.6 is 0 Å². The number of amides is 1. The van der Waals surface area contributed by atoms with Gasteiger partial charge in [-0.3, -0.25) is 14.5 Å². The van der Waals surface area contributed by atoms with Crippen LogP contribution in [-0.4, -0.2) is 11.7 Å². The number of allylic oxidation sites excluding steroid dienone is 1. The minimum Gasteiger partial charge on any atom is -0.467 e. The van der Waals surface area contributed by atoms with Gasteiger partial charge in [-0.2, -0.15) is 0 Å². The Bertz CT molecular complexity index is 1200. The Balaban J connectivity index is 1.63. The van der Waals surface area contributed by atoms with Gasteiger partial charge in [0.2, 0.25) is 5.91 Å². The smallest absolute Gasteiger partial charge is 0.228 e. The molecule has 0 radical (unpaired) electrons. The molecule has 5 heteroatoms. The number of nitrogens with one attached hydrogen (secondary N) is 1. The van der Waals surface area contributed by atoms with Gasteiger partial charge < -0.3 is 9.73 Å². The Morgan fingerprint density at radius 3 is 2.56 bits per heavy atom. The Morgan fingerprint density at radius 2 is 1.79 bits per heavy atom. The van der Waals surface area contributed by atoms with Crippen LogP contribution < -0.4 is 10.2 Å². The quantitative estimate of drug-likeness (QED) is 0.418. The lowest BCUT2D eigenvalue weighted by Gasteiger charge is -2.33. The largest absolute Gasteiger partial charge is 0.467 e. The number of Topliss-reactive ketones (excluding diaryl/α,β-unsaturated/α-hetero) is 1. The van der Waals surface area contributed by atoms with E-state index in [-0.39, 0.29) is 17.6 Å². The normalized spacial score (nSPS) is 19.8. The van der Waals surface area contributed by atoms with Crippen molar-refractivity contribution in [3.8, 4) is 0 Å². The number of rotatable bonds is 6. The van der Waals surface area contributed by atoms with E-state index < -0.39 is 6.04 Å². The highest BCUT2D eigenvalue weighted by Gasteiger charge is 2.42. The monoisotopic (exact) mass is 454 g/mol. The number of fused-ring (bicyclic) bond motifs is 1. The van der Waals surface area contributed by atoms with Crippen LogP contribution in [0.4, 0.5) is 11.4 Å². The molecule has 1 N–H and O–H groups in total. The fourth-order valence-electron chi connectivity index (χ4n) is 5.19. The molecule has 174 valence electrons. The van der Waals surface area contributed by atoms with Crippen LogP contribution in [0.1, 0.15) is 68.7 Å². The van der Waals surface area contributed by atoms with E-state index in [1.165, 1.54) is 0 Å². The van der Waals surface area contributed by atoms with Gasteiger partial charge in [-0.1, -0.05) is 62.2 Å². The van der Waals surface area contributed by atoms with Crippen LogP contribution in [0.2, 0.25) is 0 Å². The predicted octanol–water partition coefficient (Wildman–Crippen LogP) is 6.76. The Labute approximate surface area is 200 Å². The average molecular weight is 455 g/mol. The maximum Gasteiger partial charge on any atom is 0.228 e. The van der Waals surface area contributed by atoms with Crippen molar-refractivity contribution in [2.24, 2.45) is 0 Å². The standard InChI is InChI=1S/C29H30N2O3/c1-2-3-5-16-27(33)31-24-14-9-8-13-22(24)30-23-18-21(20-11-6-4-7-12-20)19-25(32)28(23)29(31)26-15-10-17-34-26/h4,6-15,17,21,29-30H,2-3,5,16,18-19H2,1H3/t21-,29-/m0/s1. The SMILES string of the molecule is CCCCCC(=O)N1c2ccccc2NC2=C(C(=O)C[C@@H](c3ccccc3)C2)[C@@H]1c1ccco1. The summed E-state index contributed by atoms with van der Waals surface area (Å²) in [6, 6.07) is 21.1. The Hall–Kier alpha value is -3.60. The van der Waals surface area contributed by atoms with Gasteiger partial charge in [-0.05, 0) is 48.6 Å². The summed E-state index contributed by atoms with van der Waals surface area (Å²) < 4.78 is 5.85. The molecule has 1 aromatic heterocycles. The Kier molecular flexibility index (Phi) is 6.35. The van der Waals surface area contributed by atoms with E-state index in [1.54, 1.807) is 11.2 Å². The molecule has 1 aliphatic heterocycles. The summed E-state index contributed by atoms with van der Waals surface area (Å²) in [5, 5.41) is 3.56. The number of ketones is 1. The molecular formula is C29H30N2O3. The maximum absolute atomic E-state index is 13.8. The van der Waals surface area contributed by atoms with E-state index in [4.69, 9.17) is 4.42 Å². The zero-order valence-electron chi connectivity index (χ0n) is 19.5. The lowest BCUT2D eigenvalue weighted by molar-refractivity contribution is -0.119. The lowest BCUT2D eigenvalue weighted by Crippen LogP contribution is -2.38. The number of benzene rings is 2. The average Bonchev–Trinajstić information content (AvgIpc) is 3.34. The topological polar surface area (TPSA) is 62.6 Å². The molecule has 5 rings (SSSR count). The van der Waals surface area contributed by atoms with Crippen LogP contribution in [0.25, 0.3) is 0 Å². The second-order valence-corrected chi connectivity index (χ2v) is 9.11. The van der Waals surface area contributed by atoms with Crippen molar-refractivity contribution in [3.05, 3.63) is 95.6 Å². The molecule has 0 spiro atoms. The van der Waals surface area contributed by atoms with Gasteiger partial charge >= 0.3 is 0 Å². The molecule has 0 bridgehead atoms. The van der Waals surface area contributed by atoms with Gasteiger partial charge in [-0.15, -0.1) is 0 Å². The summed E-state index contributed by atoms with van der Waals surface area (Å²) in [5.41, 5.74) is 4.30. The molecule has 2 aliphatic rings. The van der Waals surface area contributed by atoms with E-state index in [1.807, 2.05) is 54.6 Å². The molecule has 0 fully saturated rings. The number of carbonyl (C=O) groups is 2. The van der Waals surface area contributed by atoms with Gasteiger partial charge in [0.05, 0.1) is 17.6 Å².